The van der Waals surface area contributed by atoms with Crippen molar-refractivity contribution >= 4 is 0 Å². The molecule has 1 N–H and O–H groups in total. The first kappa shape index (κ1) is 5.48. The smallest absolute Gasteiger partial charge is 0.0107 e. The number of nitrogens with one attached hydrogen (secondary N) is 1. The van der Waals surface area contributed by atoms with Crippen molar-refractivity contribution in [3.05, 3.63) is 12.2 Å². The summed E-state index contributed by atoms with van der Waals surface area (Å²) in [7, 11) is 0. The standard InChI is InChI=1S/C8H13N/c1-6-4-7-2-3-8(5-6)9-7/h7-9H,1-5H2/t7-,8+. The Bertz CT molecular complexity index is 126. The Morgan fingerprint density at radius 1 is 1.22 bits per heavy atom. The normalized spacial score (nSPS) is 41.6. The molecule has 2 heterocycles. The van der Waals surface area contributed by atoms with Crippen LogP contribution in [0.5, 0.6) is 0 Å². The zero-order valence-corrected chi connectivity index (χ0v) is 5.69. The van der Waals surface area contributed by atoms with Gasteiger partial charge in [0.05, 0.1) is 0 Å². The number of hydrogen-bond acceptors (Lipinski definition) is 1. The second-order valence-electron chi connectivity index (χ2n) is 3.30. The van der Waals surface area contributed by atoms with Gasteiger partial charge in [0.1, 0.15) is 0 Å². The summed E-state index contributed by atoms with van der Waals surface area (Å²) in [5.74, 6) is 0. The molecule has 2 aliphatic rings. The van der Waals surface area contributed by atoms with Gasteiger partial charge in [-0.25, -0.2) is 0 Å². The maximum Gasteiger partial charge on any atom is 0.0107 e. The molecule has 0 unspecified atom stereocenters. The lowest BCUT2D eigenvalue weighted by atomic mass is 10.0. The zero-order valence-electron chi connectivity index (χ0n) is 5.69. The molecule has 0 saturated carbocycles. The minimum absolute atomic E-state index is 0.788. The lowest BCUT2D eigenvalue weighted by Gasteiger charge is -2.22. The van der Waals surface area contributed by atoms with Crippen molar-refractivity contribution in [3.8, 4) is 0 Å². The van der Waals surface area contributed by atoms with Gasteiger partial charge in [-0.3, -0.25) is 0 Å². The molecule has 2 rings (SSSR count). The van der Waals surface area contributed by atoms with Crippen LogP contribution in [0, 0.1) is 0 Å². The minimum Gasteiger partial charge on any atom is -0.311 e. The summed E-state index contributed by atoms with van der Waals surface area (Å²) in [5, 5.41) is 3.56. The van der Waals surface area contributed by atoms with Gasteiger partial charge in [-0.1, -0.05) is 12.2 Å². The van der Waals surface area contributed by atoms with E-state index < -0.39 is 0 Å². The first-order valence-corrected chi connectivity index (χ1v) is 3.77. The van der Waals surface area contributed by atoms with Crippen LogP contribution < -0.4 is 5.32 Å². The zero-order chi connectivity index (χ0) is 6.27. The van der Waals surface area contributed by atoms with Crippen molar-refractivity contribution in [3.63, 3.8) is 0 Å². The Kier molecular flexibility index (Phi) is 1.12. The summed E-state index contributed by atoms with van der Waals surface area (Å²) in [6.07, 6.45) is 5.22. The Labute approximate surface area is 56.1 Å². The fraction of sp³-hybridized carbons (Fsp3) is 0.750. The van der Waals surface area contributed by atoms with E-state index in [2.05, 4.69) is 11.9 Å². The van der Waals surface area contributed by atoms with Gasteiger partial charge in [-0.05, 0) is 25.7 Å². The molecule has 0 aliphatic carbocycles. The fourth-order valence-electron chi connectivity index (χ4n) is 2.00. The van der Waals surface area contributed by atoms with Crippen molar-refractivity contribution in [1.29, 1.82) is 0 Å². The van der Waals surface area contributed by atoms with Crippen molar-refractivity contribution in [2.45, 2.75) is 37.8 Å². The molecule has 2 fully saturated rings. The van der Waals surface area contributed by atoms with Crippen LogP contribution in [0.2, 0.25) is 0 Å². The molecule has 0 aromatic heterocycles. The molecule has 0 aromatic rings. The predicted octanol–water partition coefficient (Wildman–Crippen LogP) is 1.46. The van der Waals surface area contributed by atoms with Crippen LogP contribution in [-0.2, 0) is 0 Å². The highest BCUT2D eigenvalue weighted by atomic mass is 15.0. The van der Waals surface area contributed by atoms with Crippen LogP contribution >= 0.6 is 0 Å². The summed E-state index contributed by atoms with van der Waals surface area (Å²) in [5.41, 5.74) is 1.46. The third kappa shape index (κ3) is 0.897. The van der Waals surface area contributed by atoms with Gasteiger partial charge in [0.25, 0.3) is 0 Å². The van der Waals surface area contributed by atoms with E-state index in [1.165, 1.54) is 31.3 Å². The van der Waals surface area contributed by atoms with Gasteiger partial charge >= 0.3 is 0 Å². The van der Waals surface area contributed by atoms with E-state index in [9.17, 15) is 0 Å². The van der Waals surface area contributed by atoms with Crippen molar-refractivity contribution in [1.82, 2.24) is 5.32 Å². The minimum atomic E-state index is 0.788. The van der Waals surface area contributed by atoms with E-state index in [1.807, 2.05) is 0 Å². The molecule has 9 heavy (non-hydrogen) atoms. The van der Waals surface area contributed by atoms with Crippen molar-refractivity contribution in [2.24, 2.45) is 0 Å². The second kappa shape index (κ2) is 1.84. The molecular weight excluding hydrogens is 110 g/mol. The van der Waals surface area contributed by atoms with E-state index in [-0.39, 0.29) is 0 Å². The third-order valence-electron chi connectivity index (χ3n) is 2.41. The summed E-state index contributed by atoms with van der Waals surface area (Å²) >= 11 is 0. The number of piperidine rings is 1. The SMILES string of the molecule is C=C1C[C@H]2CC[C@@H](C1)N2. The van der Waals surface area contributed by atoms with Gasteiger partial charge in [0.15, 0.2) is 0 Å². The molecule has 2 atom stereocenters. The largest absolute Gasteiger partial charge is 0.311 e. The first-order valence-electron chi connectivity index (χ1n) is 3.77. The average Bonchev–Trinajstić information content (AvgIpc) is 2.11. The summed E-state index contributed by atoms with van der Waals surface area (Å²) in [6.45, 7) is 4.01. The summed E-state index contributed by atoms with van der Waals surface area (Å²) in [4.78, 5) is 0. The van der Waals surface area contributed by atoms with Gasteiger partial charge in [0.2, 0.25) is 0 Å². The molecule has 2 aliphatic heterocycles. The highest BCUT2D eigenvalue weighted by Gasteiger charge is 2.28. The maximum atomic E-state index is 4.01. The number of hydrogen-bond donors (Lipinski definition) is 1. The monoisotopic (exact) mass is 123 g/mol. The van der Waals surface area contributed by atoms with Crippen LogP contribution in [-0.4, -0.2) is 12.1 Å². The molecule has 0 amide bonds. The summed E-state index contributed by atoms with van der Waals surface area (Å²) in [6, 6.07) is 1.58. The van der Waals surface area contributed by atoms with Gasteiger partial charge < -0.3 is 5.32 Å². The molecular formula is C8H13N. The Morgan fingerprint density at radius 2 is 1.78 bits per heavy atom. The van der Waals surface area contributed by atoms with Gasteiger partial charge in [0, 0.05) is 12.1 Å². The van der Waals surface area contributed by atoms with Crippen molar-refractivity contribution in [2.75, 3.05) is 0 Å². The first-order chi connectivity index (χ1) is 4.34. The summed E-state index contributed by atoms with van der Waals surface area (Å²) < 4.78 is 0. The van der Waals surface area contributed by atoms with Gasteiger partial charge in [-0.2, -0.15) is 0 Å². The molecule has 0 radical (unpaired) electrons. The highest BCUT2D eigenvalue weighted by molar-refractivity contribution is 5.08. The quantitative estimate of drug-likeness (QED) is 0.481. The lowest BCUT2D eigenvalue weighted by Crippen LogP contribution is -2.34. The van der Waals surface area contributed by atoms with E-state index in [0.29, 0.717) is 0 Å². The Balaban J connectivity index is 2.11. The topological polar surface area (TPSA) is 12.0 Å². The Morgan fingerprint density at radius 3 is 2.33 bits per heavy atom. The number of fused-ring (bicyclic) bond motifs is 2. The van der Waals surface area contributed by atoms with E-state index in [4.69, 9.17) is 0 Å². The van der Waals surface area contributed by atoms with E-state index in [1.54, 1.807) is 0 Å². The highest BCUT2D eigenvalue weighted by Crippen LogP contribution is 2.28. The van der Waals surface area contributed by atoms with Crippen LogP contribution in [0.4, 0.5) is 0 Å². The van der Waals surface area contributed by atoms with Gasteiger partial charge in [-0.15, -0.1) is 0 Å². The molecule has 2 saturated heterocycles. The van der Waals surface area contributed by atoms with Crippen LogP contribution in [0.1, 0.15) is 25.7 Å². The predicted molar refractivity (Wildman–Crippen MR) is 38.3 cm³/mol. The molecule has 0 aromatic carbocycles. The molecule has 1 heteroatoms. The maximum absolute atomic E-state index is 4.01. The van der Waals surface area contributed by atoms with Crippen LogP contribution in [0.3, 0.4) is 0 Å². The van der Waals surface area contributed by atoms with E-state index in [0.717, 1.165) is 12.1 Å². The van der Waals surface area contributed by atoms with Crippen LogP contribution in [0.25, 0.3) is 0 Å². The molecule has 0 spiro atoms. The van der Waals surface area contributed by atoms with Crippen molar-refractivity contribution < 1.29 is 0 Å². The molecule has 2 bridgehead atoms. The Hall–Kier alpha value is -0.300. The average molecular weight is 123 g/mol. The molecule has 50 valence electrons. The fourth-order valence-corrected chi connectivity index (χ4v) is 2.00. The van der Waals surface area contributed by atoms with E-state index >= 15 is 0 Å². The van der Waals surface area contributed by atoms with Crippen LogP contribution in [0.15, 0.2) is 12.2 Å². The molecule has 1 nitrogen and oxygen atoms in total. The third-order valence-corrected chi connectivity index (χ3v) is 2.41. The number of rotatable bonds is 0. The lowest BCUT2D eigenvalue weighted by molar-refractivity contribution is 0.475. The second-order valence-corrected chi connectivity index (χ2v) is 3.30.